The zero-order valence-corrected chi connectivity index (χ0v) is 10.3. The highest BCUT2D eigenvalue weighted by Crippen LogP contribution is 2.26. The molecule has 0 amide bonds. The van der Waals surface area contributed by atoms with E-state index in [-0.39, 0.29) is 0 Å². The lowest BCUT2D eigenvalue weighted by Crippen LogP contribution is -2.15. The number of unbranched alkanes of at least 4 members (excludes halogenated alkanes) is 3. The molecule has 13 heavy (non-hydrogen) atoms. The molecule has 0 spiro atoms. The van der Waals surface area contributed by atoms with Gasteiger partial charge in [-0.2, -0.15) is 0 Å². The van der Waals surface area contributed by atoms with Gasteiger partial charge in [-0.05, 0) is 24.2 Å². The Morgan fingerprint density at radius 2 is 1.31 bits per heavy atom. The van der Waals surface area contributed by atoms with Gasteiger partial charge in [0.1, 0.15) is 0 Å². The van der Waals surface area contributed by atoms with Gasteiger partial charge in [0.05, 0.1) is 0 Å². The Kier molecular flexibility index (Phi) is 7.41. The highest BCUT2D eigenvalue weighted by atomic mass is 14.2. The molecule has 0 radical (unpaired) electrons. The van der Waals surface area contributed by atoms with Gasteiger partial charge in [0.2, 0.25) is 0 Å². The predicted octanol–water partition coefficient (Wildman–Crippen LogP) is 4.89. The molecule has 0 atom stereocenters. The fourth-order valence-electron chi connectivity index (χ4n) is 2.24. The molecule has 0 aliphatic heterocycles. The Morgan fingerprint density at radius 3 is 1.69 bits per heavy atom. The number of hydrogen-bond donors (Lipinski definition) is 0. The summed E-state index contributed by atoms with van der Waals surface area (Å²) in [5, 5.41) is 0. The van der Waals surface area contributed by atoms with Crippen LogP contribution in [-0.2, 0) is 0 Å². The molecule has 0 heteroatoms. The van der Waals surface area contributed by atoms with Crippen molar-refractivity contribution in [3.05, 3.63) is 0 Å². The normalized spacial score (nSPS) is 12.0. The van der Waals surface area contributed by atoms with Crippen LogP contribution in [0.15, 0.2) is 0 Å². The van der Waals surface area contributed by atoms with E-state index in [0.717, 1.165) is 17.8 Å². The van der Waals surface area contributed by atoms with Gasteiger partial charge in [-0.25, -0.2) is 0 Å². The molecule has 0 bridgehead atoms. The molecule has 80 valence electrons. The predicted molar refractivity (Wildman–Crippen MR) is 61.9 cm³/mol. The lowest BCUT2D eigenvalue weighted by Gasteiger charge is -2.24. The summed E-state index contributed by atoms with van der Waals surface area (Å²) >= 11 is 0. The molecule has 0 saturated carbocycles. The van der Waals surface area contributed by atoms with Crippen molar-refractivity contribution in [2.24, 2.45) is 17.8 Å². The van der Waals surface area contributed by atoms with Crippen LogP contribution in [0.3, 0.4) is 0 Å². The first-order valence-electron chi connectivity index (χ1n) is 6.09. The third kappa shape index (κ3) is 6.12. The van der Waals surface area contributed by atoms with Gasteiger partial charge in [-0.15, -0.1) is 0 Å². The summed E-state index contributed by atoms with van der Waals surface area (Å²) in [4.78, 5) is 0. The standard InChI is InChI=1S/C13H28/c1-6-7-8-9-10-13(11(2)3)12(4)5/h11-13H,6-10H2,1-5H3. The zero-order valence-electron chi connectivity index (χ0n) is 10.3. The van der Waals surface area contributed by atoms with E-state index in [1.165, 1.54) is 32.1 Å². The maximum absolute atomic E-state index is 2.37. The van der Waals surface area contributed by atoms with Crippen molar-refractivity contribution >= 4 is 0 Å². The highest BCUT2D eigenvalue weighted by molar-refractivity contribution is 4.66. The van der Waals surface area contributed by atoms with E-state index in [4.69, 9.17) is 0 Å². The van der Waals surface area contributed by atoms with Gasteiger partial charge in [0.25, 0.3) is 0 Å². The molecule has 0 aromatic heterocycles. The summed E-state index contributed by atoms with van der Waals surface area (Å²) < 4.78 is 0. The first kappa shape index (κ1) is 13.0. The minimum absolute atomic E-state index is 0.863. The average Bonchev–Trinajstić information content (AvgIpc) is 2.02. The summed E-state index contributed by atoms with van der Waals surface area (Å²) in [5.41, 5.74) is 0. The molecule has 0 heterocycles. The molecule has 0 rings (SSSR count). The monoisotopic (exact) mass is 184 g/mol. The smallest absolute Gasteiger partial charge is 0.0368 e. The van der Waals surface area contributed by atoms with Crippen LogP contribution in [-0.4, -0.2) is 0 Å². The van der Waals surface area contributed by atoms with Gasteiger partial charge in [0.15, 0.2) is 0 Å². The molecular weight excluding hydrogens is 156 g/mol. The third-order valence-corrected chi connectivity index (χ3v) is 3.10. The van der Waals surface area contributed by atoms with Crippen LogP contribution in [0.2, 0.25) is 0 Å². The van der Waals surface area contributed by atoms with E-state index in [2.05, 4.69) is 34.6 Å². The Hall–Kier alpha value is 0. The quantitative estimate of drug-likeness (QED) is 0.494. The molecule has 0 N–H and O–H groups in total. The molecule has 0 unspecified atom stereocenters. The van der Waals surface area contributed by atoms with Gasteiger partial charge in [-0.1, -0.05) is 60.3 Å². The zero-order chi connectivity index (χ0) is 10.3. The van der Waals surface area contributed by atoms with Gasteiger partial charge < -0.3 is 0 Å². The van der Waals surface area contributed by atoms with Crippen LogP contribution in [0, 0.1) is 17.8 Å². The Labute approximate surface area is 85.1 Å². The molecular formula is C13H28. The number of rotatable bonds is 7. The topological polar surface area (TPSA) is 0 Å². The van der Waals surface area contributed by atoms with Crippen LogP contribution in [0.4, 0.5) is 0 Å². The largest absolute Gasteiger partial charge is 0.0654 e. The lowest BCUT2D eigenvalue weighted by molar-refractivity contribution is 0.261. The van der Waals surface area contributed by atoms with Crippen molar-refractivity contribution < 1.29 is 0 Å². The van der Waals surface area contributed by atoms with Crippen LogP contribution in [0.25, 0.3) is 0 Å². The van der Waals surface area contributed by atoms with Crippen molar-refractivity contribution in [2.45, 2.75) is 66.7 Å². The molecule has 0 nitrogen and oxygen atoms in total. The SMILES string of the molecule is CCCCCCC(C(C)C)C(C)C. The van der Waals surface area contributed by atoms with Crippen molar-refractivity contribution in [3.8, 4) is 0 Å². The minimum Gasteiger partial charge on any atom is -0.0654 e. The van der Waals surface area contributed by atoms with E-state index in [9.17, 15) is 0 Å². The molecule has 0 saturated heterocycles. The Morgan fingerprint density at radius 1 is 0.769 bits per heavy atom. The molecule has 0 aromatic rings. The second-order valence-corrected chi connectivity index (χ2v) is 5.00. The molecule has 0 aliphatic carbocycles. The van der Waals surface area contributed by atoms with Gasteiger partial charge in [-0.3, -0.25) is 0 Å². The second-order valence-electron chi connectivity index (χ2n) is 5.00. The van der Waals surface area contributed by atoms with Crippen LogP contribution in [0.5, 0.6) is 0 Å². The first-order chi connectivity index (χ1) is 6.09. The van der Waals surface area contributed by atoms with Crippen LogP contribution >= 0.6 is 0 Å². The van der Waals surface area contributed by atoms with Gasteiger partial charge >= 0.3 is 0 Å². The maximum atomic E-state index is 2.37. The molecule has 0 fully saturated rings. The second kappa shape index (κ2) is 7.41. The highest BCUT2D eigenvalue weighted by Gasteiger charge is 2.16. The average molecular weight is 184 g/mol. The molecule has 0 aliphatic rings. The number of hydrogen-bond acceptors (Lipinski definition) is 0. The Balaban J connectivity index is 3.58. The van der Waals surface area contributed by atoms with Crippen molar-refractivity contribution in [1.82, 2.24) is 0 Å². The summed E-state index contributed by atoms with van der Waals surface area (Å²) in [6.45, 7) is 11.7. The van der Waals surface area contributed by atoms with Crippen LogP contribution < -0.4 is 0 Å². The van der Waals surface area contributed by atoms with E-state index in [1.54, 1.807) is 0 Å². The van der Waals surface area contributed by atoms with E-state index in [0.29, 0.717) is 0 Å². The van der Waals surface area contributed by atoms with E-state index >= 15 is 0 Å². The van der Waals surface area contributed by atoms with Crippen LogP contribution in [0.1, 0.15) is 66.7 Å². The van der Waals surface area contributed by atoms with Crippen molar-refractivity contribution in [1.29, 1.82) is 0 Å². The van der Waals surface area contributed by atoms with E-state index in [1.807, 2.05) is 0 Å². The third-order valence-electron chi connectivity index (χ3n) is 3.10. The van der Waals surface area contributed by atoms with E-state index < -0.39 is 0 Å². The summed E-state index contributed by atoms with van der Waals surface area (Å²) in [7, 11) is 0. The summed E-state index contributed by atoms with van der Waals surface area (Å²) in [6, 6.07) is 0. The maximum Gasteiger partial charge on any atom is -0.0368 e. The lowest BCUT2D eigenvalue weighted by atomic mass is 9.82. The summed E-state index contributed by atoms with van der Waals surface area (Å²) in [6.07, 6.45) is 7.09. The van der Waals surface area contributed by atoms with Crippen molar-refractivity contribution in [3.63, 3.8) is 0 Å². The fourth-order valence-corrected chi connectivity index (χ4v) is 2.24. The fraction of sp³-hybridized carbons (Fsp3) is 1.00. The minimum atomic E-state index is 0.863. The first-order valence-corrected chi connectivity index (χ1v) is 6.09. The van der Waals surface area contributed by atoms with Gasteiger partial charge in [0, 0.05) is 0 Å². The molecule has 0 aromatic carbocycles. The Bertz CT molecular complexity index is 94.6. The summed E-state index contributed by atoms with van der Waals surface area (Å²) in [5.74, 6) is 2.67. The van der Waals surface area contributed by atoms with Crippen molar-refractivity contribution in [2.75, 3.05) is 0 Å².